The Morgan fingerprint density at radius 2 is 2.05 bits per heavy atom. The molecular weight excluding hydrogens is 264 g/mol. The maximum atomic E-state index is 12.0. The Labute approximate surface area is 127 Å². The maximum Gasteiger partial charge on any atom is 0.253 e. The summed E-state index contributed by atoms with van der Waals surface area (Å²) in [6.45, 7) is 4.47. The molecule has 5 nitrogen and oxygen atoms in total. The van der Waals surface area contributed by atoms with Gasteiger partial charge >= 0.3 is 0 Å². The van der Waals surface area contributed by atoms with Gasteiger partial charge in [-0.3, -0.25) is 4.79 Å². The van der Waals surface area contributed by atoms with Crippen molar-refractivity contribution in [3.8, 4) is 0 Å². The quantitative estimate of drug-likeness (QED) is 0.620. The zero-order valence-corrected chi connectivity index (χ0v) is 13.1. The number of benzene rings is 1. The number of carbonyl (C=O) groups excluding carboxylic acids is 1. The predicted octanol–water partition coefficient (Wildman–Crippen LogP) is 1.87. The summed E-state index contributed by atoms with van der Waals surface area (Å²) in [5, 5.41) is 3.35. The van der Waals surface area contributed by atoms with Crippen LogP contribution in [-0.2, 0) is 0 Å². The van der Waals surface area contributed by atoms with Gasteiger partial charge in [0.05, 0.1) is 11.4 Å². The summed E-state index contributed by atoms with van der Waals surface area (Å²) in [6, 6.07) is 5.40. The Hall–Kier alpha value is -1.75. The molecule has 1 heterocycles. The zero-order valence-electron chi connectivity index (χ0n) is 13.1. The summed E-state index contributed by atoms with van der Waals surface area (Å²) in [6.07, 6.45) is 3.75. The van der Waals surface area contributed by atoms with Crippen molar-refractivity contribution in [3.63, 3.8) is 0 Å². The third-order valence-electron chi connectivity index (χ3n) is 3.87. The zero-order chi connectivity index (χ0) is 15.2. The van der Waals surface area contributed by atoms with Gasteiger partial charge in [0.25, 0.3) is 5.91 Å². The standard InChI is InChI=1S/C16H26N4O/c1-19(2)16(21)13-6-7-14(17)15(12-13)18-8-5-11-20-9-3-4-10-20/h6-7,12,18H,3-5,8-11,17H2,1-2H3. The Bertz CT molecular complexity index is 481. The van der Waals surface area contributed by atoms with Crippen LogP contribution in [0.5, 0.6) is 0 Å². The molecule has 116 valence electrons. The number of hydrogen-bond donors (Lipinski definition) is 2. The summed E-state index contributed by atoms with van der Waals surface area (Å²) in [7, 11) is 3.50. The molecule has 0 radical (unpaired) electrons. The molecular formula is C16H26N4O. The molecule has 0 atom stereocenters. The van der Waals surface area contributed by atoms with E-state index in [1.54, 1.807) is 31.1 Å². The van der Waals surface area contributed by atoms with Crippen LogP contribution in [0, 0.1) is 0 Å². The Morgan fingerprint density at radius 3 is 2.71 bits per heavy atom. The molecule has 5 heteroatoms. The molecule has 3 N–H and O–H groups in total. The molecule has 0 spiro atoms. The number of carbonyl (C=O) groups is 1. The molecule has 0 unspecified atom stereocenters. The van der Waals surface area contributed by atoms with E-state index in [4.69, 9.17) is 5.73 Å². The van der Waals surface area contributed by atoms with Gasteiger partial charge in [-0.1, -0.05) is 0 Å². The lowest BCUT2D eigenvalue weighted by molar-refractivity contribution is 0.0827. The number of rotatable bonds is 6. The Balaban J connectivity index is 1.86. The van der Waals surface area contributed by atoms with Crippen molar-refractivity contribution in [2.24, 2.45) is 0 Å². The summed E-state index contributed by atoms with van der Waals surface area (Å²) in [5.74, 6) is -0.00452. The van der Waals surface area contributed by atoms with Gasteiger partial charge in [0.15, 0.2) is 0 Å². The number of hydrogen-bond acceptors (Lipinski definition) is 4. The van der Waals surface area contributed by atoms with E-state index in [2.05, 4.69) is 10.2 Å². The lowest BCUT2D eigenvalue weighted by atomic mass is 10.1. The van der Waals surface area contributed by atoms with Gasteiger partial charge in [0.2, 0.25) is 0 Å². The van der Waals surface area contributed by atoms with Crippen LogP contribution < -0.4 is 11.1 Å². The smallest absolute Gasteiger partial charge is 0.253 e. The second kappa shape index (κ2) is 7.31. The first-order valence-electron chi connectivity index (χ1n) is 7.65. The molecule has 1 aliphatic rings. The molecule has 21 heavy (non-hydrogen) atoms. The van der Waals surface area contributed by atoms with Crippen molar-refractivity contribution in [1.29, 1.82) is 0 Å². The van der Waals surface area contributed by atoms with Crippen LogP contribution in [0.4, 0.5) is 11.4 Å². The average Bonchev–Trinajstić information content (AvgIpc) is 2.97. The van der Waals surface area contributed by atoms with Crippen molar-refractivity contribution in [2.75, 3.05) is 51.3 Å². The SMILES string of the molecule is CN(C)C(=O)c1ccc(N)c(NCCCN2CCCC2)c1. The van der Waals surface area contributed by atoms with E-state index < -0.39 is 0 Å². The van der Waals surface area contributed by atoms with Crippen molar-refractivity contribution < 1.29 is 4.79 Å². The second-order valence-electron chi connectivity index (χ2n) is 5.83. The molecule has 2 rings (SSSR count). The number of nitrogen functional groups attached to an aromatic ring is 1. The molecule has 0 bridgehead atoms. The second-order valence-corrected chi connectivity index (χ2v) is 5.83. The third-order valence-corrected chi connectivity index (χ3v) is 3.87. The van der Waals surface area contributed by atoms with E-state index in [9.17, 15) is 4.79 Å². The highest BCUT2D eigenvalue weighted by atomic mass is 16.2. The average molecular weight is 290 g/mol. The number of amides is 1. The minimum Gasteiger partial charge on any atom is -0.397 e. The van der Waals surface area contributed by atoms with Crippen molar-refractivity contribution >= 4 is 17.3 Å². The van der Waals surface area contributed by atoms with E-state index in [-0.39, 0.29) is 5.91 Å². The first kappa shape index (κ1) is 15.6. The monoisotopic (exact) mass is 290 g/mol. The summed E-state index contributed by atoms with van der Waals surface area (Å²) in [4.78, 5) is 16.0. The van der Waals surface area contributed by atoms with Gasteiger partial charge in [-0.15, -0.1) is 0 Å². The van der Waals surface area contributed by atoms with Gasteiger partial charge in [0, 0.05) is 26.2 Å². The van der Waals surface area contributed by atoms with Crippen molar-refractivity contribution in [1.82, 2.24) is 9.80 Å². The number of nitrogens with one attached hydrogen (secondary N) is 1. The van der Waals surface area contributed by atoms with Crippen molar-refractivity contribution in [3.05, 3.63) is 23.8 Å². The molecule has 1 aromatic carbocycles. The molecule has 0 saturated carbocycles. The molecule has 1 aliphatic heterocycles. The fraction of sp³-hybridized carbons (Fsp3) is 0.562. The summed E-state index contributed by atoms with van der Waals surface area (Å²) >= 11 is 0. The third kappa shape index (κ3) is 4.36. The first-order valence-corrected chi connectivity index (χ1v) is 7.65. The van der Waals surface area contributed by atoms with E-state index in [1.165, 1.54) is 25.9 Å². The van der Waals surface area contributed by atoms with E-state index >= 15 is 0 Å². The Morgan fingerprint density at radius 1 is 1.33 bits per heavy atom. The summed E-state index contributed by atoms with van der Waals surface area (Å²) in [5.41, 5.74) is 8.17. The predicted molar refractivity (Wildman–Crippen MR) is 87.7 cm³/mol. The van der Waals surface area contributed by atoms with Gasteiger partial charge in [0.1, 0.15) is 0 Å². The highest BCUT2D eigenvalue weighted by Gasteiger charge is 2.11. The largest absolute Gasteiger partial charge is 0.397 e. The minimum absolute atomic E-state index is 0.00452. The van der Waals surface area contributed by atoms with E-state index in [1.807, 2.05) is 6.07 Å². The molecule has 1 fully saturated rings. The van der Waals surface area contributed by atoms with Crippen LogP contribution in [0.1, 0.15) is 29.6 Å². The number of nitrogens with two attached hydrogens (primary N) is 1. The van der Waals surface area contributed by atoms with Gasteiger partial charge in [-0.2, -0.15) is 0 Å². The van der Waals surface area contributed by atoms with Crippen LogP contribution >= 0.6 is 0 Å². The molecule has 1 saturated heterocycles. The van der Waals surface area contributed by atoms with Crippen LogP contribution in [0.15, 0.2) is 18.2 Å². The minimum atomic E-state index is -0.00452. The lowest BCUT2D eigenvalue weighted by Gasteiger charge is -2.16. The fourth-order valence-corrected chi connectivity index (χ4v) is 2.63. The maximum absolute atomic E-state index is 12.0. The normalized spacial score (nSPS) is 15.1. The number of likely N-dealkylation sites (tertiary alicyclic amines) is 1. The van der Waals surface area contributed by atoms with Gasteiger partial charge in [-0.25, -0.2) is 0 Å². The van der Waals surface area contributed by atoms with Crippen molar-refractivity contribution in [2.45, 2.75) is 19.3 Å². The van der Waals surface area contributed by atoms with Crippen LogP contribution in [0.3, 0.4) is 0 Å². The van der Waals surface area contributed by atoms with Gasteiger partial charge in [-0.05, 0) is 57.1 Å². The first-order chi connectivity index (χ1) is 10.1. The Kier molecular flexibility index (Phi) is 5.44. The lowest BCUT2D eigenvalue weighted by Crippen LogP contribution is -2.23. The van der Waals surface area contributed by atoms with Crippen LogP contribution in [0.25, 0.3) is 0 Å². The number of nitrogens with zero attached hydrogens (tertiary/aromatic N) is 2. The fourth-order valence-electron chi connectivity index (χ4n) is 2.63. The molecule has 1 aromatic rings. The number of anilines is 2. The van der Waals surface area contributed by atoms with E-state index in [0.717, 1.165) is 25.2 Å². The topological polar surface area (TPSA) is 61.6 Å². The van der Waals surface area contributed by atoms with Gasteiger partial charge < -0.3 is 20.9 Å². The van der Waals surface area contributed by atoms with Crippen LogP contribution in [0.2, 0.25) is 0 Å². The highest BCUT2D eigenvalue weighted by Crippen LogP contribution is 2.20. The molecule has 1 amide bonds. The van der Waals surface area contributed by atoms with E-state index in [0.29, 0.717) is 11.3 Å². The van der Waals surface area contributed by atoms with Crippen LogP contribution in [-0.4, -0.2) is 56.0 Å². The summed E-state index contributed by atoms with van der Waals surface area (Å²) < 4.78 is 0. The molecule has 0 aliphatic carbocycles. The molecule has 0 aromatic heterocycles. The highest BCUT2D eigenvalue weighted by molar-refractivity contribution is 5.95.